The van der Waals surface area contributed by atoms with Crippen molar-refractivity contribution in [2.45, 2.75) is 45.4 Å². The number of aldehydes is 1. The molecule has 0 bridgehead atoms. The minimum atomic E-state index is -0.210. The molecule has 3 heteroatoms. The Morgan fingerprint density at radius 2 is 1.28 bits per heavy atom. The summed E-state index contributed by atoms with van der Waals surface area (Å²) in [7, 11) is 0. The van der Waals surface area contributed by atoms with Crippen molar-refractivity contribution >= 4 is 40.3 Å². The van der Waals surface area contributed by atoms with Crippen molar-refractivity contribution in [1.82, 2.24) is 4.57 Å². The minimum absolute atomic E-state index is 0.210. The fraction of sp³-hybridized carbons (Fsp3) is 0.130. The number of carbonyl (C=O) groups is 1. The molecule has 1 unspecified atom stereocenters. The van der Waals surface area contributed by atoms with E-state index in [4.69, 9.17) is 0 Å². The fourth-order valence-electron chi connectivity index (χ4n) is 9.30. The van der Waals surface area contributed by atoms with Crippen LogP contribution in [-0.2, 0) is 5.41 Å². The van der Waals surface area contributed by atoms with Crippen LogP contribution >= 0.6 is 0 Å². The van der Waals surface area contributed by atoms with Crippen LogP contribution in [0.4, 0.5) is 17.1 Å². The zero-order chi connectivity index (χ0) is 38.8. The molecule has 0 saturated heterocycles. The molecule has 276 valence electrons. The van der Waals surface area contributed by atoms with Crippen molar-refractivity contribution in [3.63, 3.8) is 0 Å². The van der Waals surface area contributed by atoms with E-state index in [1.807, 2.05) is 12.1 Å². The lowest BCUT2D eigenvalue weighted by Crippen LogP contribution is -2.16. The van der Waals surface area contributed by atoms with Gasteiger partial charge in [0.15, 0.2) is 0 Å². The molecule has 0 spiro atoms. The van der Waals surface area contributed by atoms with Gasteiger partial charge >= 0.3 is 0 Å². The third-order valence-corrected chi connectivity index (χ3v) is 12.3. The molecule has 57 heavy (non-hydrogen) atoms. The summed E-state index contributed by atoms with van der Waals surface area (Å²) in [6.45, 7) is 9.07. The first-order valence-electron chi connectivity index (χ1n) is 20.0. The van der Waals surface area contributed by atoms with E-state index in [1.165, 1.54) is 72.4 Å². The number of aryl methyl sites for hydroxylation is 1. The highest BCUT2D eigenvalue weighted by molar-refractivity contribution is 5.97. The van der Waals surface area contributed by atoms with E-state index in [0.717, 1.165) is 35.3 Å². The van der Waals surface area contributed by atoms with Gasteiger partial charge in [0.1, 0.15) is 6.29 Å². The highest BCUT2D eigenvalue weighted by Gasteiger charge is 2.36. The Kier molecular flexibility index (Phi) is 8.23. The molecule has 1 heterocycles. The smallest absolute Gasteiger partial charge is 0.150 e. The number of nitrogens with zero attached hydrogens (tertiary/aromatic N) is 2. The Hall–Kier alpha value is -6.71. The van der Waals surface area contributed by atoms with Crippen molar-refractivity contribution in [2.75, 3.05) is 4.90 Å². The lowest BCUT2D eigenvalue weighted by atomic mass is 9.82. The SMILES string of the molecule is Cc1ccc(-n2c3c(c4cc(-c5ccc(N(c6ccc(-c7ccccc7)cc6)c6ccc7c(c6)C(C)(C)c6ccc(C=O)cc6-7)cc5)ccc42)C=CCC3C)cc1. The summed E-state index contributed by atoms with van der Waals surface area (Å²) in [6, 6.07) is 57.2. The Morgan fingerprint density at radius 1 is 0.632 bits per heavy atom. The van der Waals surface area contributed by atoms with Gasteiger partial charge in [-0.2, -0.15) is 0 Å². The summed E-state index contributed by atoms with van der Waals surface area (Å²) in [4.78, 5) is 14.1. The monoisotopic (exact) mass is 736 g/mol. The van der Waals surface area contributed by atoms with Gasteiger partial charge in [-0.25, -0.2) is 0 Å². The summed E-state index contributed by atoms with van der Waals surface area (Å²) in [6.07, 6.45) is 6.64. The molecule has 10 rings (SSSR count). The van der Waals surface area contributed by atoms with Gasteiger partial charge in [-0.3, -0.25) is 4.79 Å². The third-order valence-electron chi connectivity index (χ3n) is 12.3. The van der Waals surface area contributed by atoms with Crippen LogP contribution < -0.4 is 4.90 Å². The molecule has 0 fully saturated rings. The molecule has 0 amide bonds. The van der Waals surface area contributed by atoms with E-state index in [-0.39, 0.29) is 5.41 Å². The Bertz CT molecular complexity index is 2860. The average molecular weight is 737 g/mol. The van der Waals surface area contributed by atoms with E-state index >= 15 is 0 Å². The van der Waals surface area contributed by atoms with E-state index in [0.29, 0.717) is 11.5 Å². The van der Waals surface area contributed by atoms with Crippen LogP contribution in [0.15, 0.2) is 164 Å². The van der Waals surface area contributed by atoms with Crippen LogP contribution in [0.2, 0.25) is 0 Å². The number of anilines is 3. The molecule has 7 aromatic carbocycles. The topological polar surface area (TPSA) is 25.2 Å². The van der Waals surface area contributed by atoms with Gasteiger partial charge in [-0.1, -0.05) is 129 Å². The second kappa shape index (κ2) is 13.5. The van der Waals surface area contributed by atoms with Crippen molar-refractivity contribution in [3.8, 4) is 39.1 Å². The van der Waals surface area contributed by atoms with Gasteiger partial charge < -0.3 is 9.47 Å². The van der Waals surface area contributed by atoms with Crippen molar-refractivity contribution < 1.29 is 4.79 Å². The molecule has 2 aliphatic rings. The molecule has 1 atom stereocenters. The Morgan fingerprint density at radius 3 is 1.98 bits per heavy atom. The van der Waals surface area contributed by atoms with Gasteiger partial charge in [-0.15, -0.1) is 0 Å². The standard InChI is InChI=1S/C54H44N2O/c1-35-13-21-44(22-14-35)56-52-30-20-41(32-49(52)47-12-8-9-36(2)53(47)56)40-18-25-43(26-19-40)55(42-23-16-39(17-24-42)38-10-6-5-7-11-38)45-27-28-46-48-31-37(34-57)15-29-50(48)54(3,4)51(46)33-45/h5-8,10-34,36H,9H2,1-4H3. The maximum absolute atomic E-state index is 11.7. The molecule has 2 aliphatic carbocycles. The molecule has 0 radical (unpaired) electrons. The molecule has 8 aromatic rings. The molecule has 0 saturated carbocycles. The number of benzene rings is 7. The highest BCUT2D eigenvalue weighted by Crippen LogP contribution is 2.51. The predicted octanol–water partition coefficient (Wildman–Crippen LogP) is 14.4. The summed E-state index contributed by atoms with van der Waals surface area (Å²) >= 11 is 0. The van der Waals surface area contributed by atoms with E-state index in [9.17, 15) is 4.79 Å². The van der Waals surface area contributed by atoms with Gasteiger partial charge in [0, 0.05) is 56.3 Å². The number of rotatable bonds is 7. The van der Waals surface area contributed by atoms with E-state index in [1.54, 1.807) is 0 Å². The molecule has 0 aliphatic heterocycles. The first-order chi connectivity index (χ1) is 27.8. The van der Waals surface area contributed by atoms with Gasteiger partial charge in [0.05, 0.1) is 5.52 Å². The van der Waals surface area contributed by atoms with E-state index in [2.05, 4.69) is 195 Å². The van der Waals surface area contributed by atoms with Crippen LogP contribution in [0.25, 0.3) is 56.0 Å². The van der Waals surface area contributed by atoms with E-state index < -0.39 is 0 Å². The second-order valence-corrected chi connectivity index (χ2v) is 16.3. The quantitative estimate of drug-likeness (QED) is 0.152. The molecule has 1 aromatic heterocycles. The second-order valence-electron chi connectivity index (χ2n) is 16.3. The largest absolute Gasteiger partial charge is 0.313 e. The number of hydrogen-bond donors (Lipinski definition) is 0. The maximum Gasteiger partial charge on any atom is 0.150 e. The van der Waals surface area contributed by atoms with Gasteiger partial charge in [0.2, 0.25) is 0 Å². The zero-order valence-electron chi connectivity index (χ0n) is 32.8. The summed E-state index contributed by atoms with van der Waals surface area (Å²) in [5, 5.41) is 1.29. The average Bonchev–Trinajstić information content (AvgIpc) is 3.70. The number of fused-ring (bicyclic) bond motifs is 6. The molecule has 0 N–H and O–H groups in total. The lowest BCUT2D eigenvalue weighted by molar-refractivity contribution is 0.112. The Labute approximate surface area is 335 Å². The van der Waals surface area contributed by atoms with Gasteiger partial charge in [0.25, 0.3) is 0 Å². The fourth-order valence-corrected chi connectivity index (χ4v) is 9.30. The molecular weight excluding hydrogens is 693 g/mol. The van der Waals surface area contributed by atoms with Crippen LogP contribution in [-0.4, -0.2) is 10.9 Å². The highest BCUT2D eigenvalue weighted by atomic mass is 16.1. The normalized spacial score (nSPS) is 14.9. The van der Waals surface area contributed by atoms with Crippen LogP contribution in [0, 0.1) is 6.92 Å². The minimum Gasteiger partial charge on any atom is -0.313 e. The van der Waals surface area contributed by atoms with Crippen molar-refractivity contribution in [3.05, 3.63) is 197 Å². The number of carbonyl (C=O) groups excluding carboxylic acids is 1. The van der Waals surface area contributed by atoms with Crippen LogP contribution in [0.3, 0.4) is 0 Å². The summed E-state index contributed by atoms with van der Waals surface area (Å²) < 4.78 is 2.48. The summed E-state index contributed by atoms with van der Waals surface area (Å²) in [5.74, 6) is 0.432. The van der Waals surface area contributed by atoms with Crippen LogP contribution in [0.5, 0.6) is 0 Å². The number of hydrogen-bond acceptors (Lipinski definition) is 2. The molecular formula is C54H44N2O. The number of allylic oxidation sites excluding steroid dienone is 1. The summed E-state index contributed by atoms with van der Waals surface area (Å²) in [5.41, 5.74) is 19.8. The van der Waals surface area contributed by atoms with Crippen LogP contribution in [0.1, 0.15) is 71.4 Å². The first-order valence-corrected chi connectivity index (χ1v) is 20.0. The third kappa shape index (κ3) is 5.76. The zero-order valence-corrected chi connectivity index (χ0v) is 32.8. The first kappa shape index (κ1) is 34.8. The lowest BCUT2D eigenvalue weighted by Gasteiger charge is -2.28. The van der Waals surface area contributed by atoms with Crippen molar-refractivity contribution in [2.24, 2.45) is 0 Å². The molecule has 3 nitrogen and oxygen atoms in total. The predicted molar refractivity (Wildman–Crippen MR) is 239 cm³/mol. The Balaban J connectivity index is 1.07. The maximum atomic E-state index is 11.7. The van der Waals surface area contributed by atoms with Crippen molar-refractivity contribution in [1.29, 1.82) is 0 Å². The number of aromatic nitrogens is 1. The van der Waals surface area contributed by atoms with Gasteiger partial charge in [-0.05, 0) is 125 Å².